The SMILES string of the molecule is CCNC(=O)[C@@H](C)N(Cc1ccccc1F)C(=O)CN(c1cccc(Cl)c1)S(=O)(=O)c1ccc(OC)cc1. The van der Waals surface area contributed by atoms with Gasteiger partial charge in [-0.15, -0.1) is 0 Å². The van der Waals surface area contributed by atoms with E-state index in [1.54, 1.807) is 25.1 Å². The third-order valence-corrected chi connectivity index (χ3v) is 7.86. The van der Waals surface area contributed by atoms with Gasteiger partial charge in [0.15, 0.2) is 0 Å². The molecular formula is C27H29ClFN3O5S. The molecule has 8 nitrogen and oxygen atoms in total. The van der Waals surface area contributed by atoms with Gasteiger partial charge in [-0.25, -0.2) is 12.8 Å². The molecule has 0 spiro atoms. The molecule has 3 aromatic carbocycles. The molecule has 202 valence electrons. The summed E-state index contributed by atoms with van der Waals surface area (Å²) in [5.74, 6) is -1.25. The van der Waals surface area contributed by atoms with Crippen molar-refractivity contribution < 1.29 is 27.1 Å². The molecule has 0 heterocycles. The third kappa shape index (κ3) is 6.81. The largest absolute Gasteiger partial charge is 0.497 e. The summed E-state index contributed by atoms with van der Waals surface area (Å²) in [5, 5.41) is 2.92. The van der Waals surface area contributed by atoms with E-state index in [1.165, 1.54) is 68.6 Å². The molecule has 0 aliphatic heterocycles. The Kier molecular flexibility index (Phi) is 9.71. The zero-order valence-corrected chi connectivity index (χ0v) is 22.8. The van der Waals surface area contributed by atoms with Gasteiger partial charge in [-0.3, -0.25) is 13.9 Å². The molecule has 0 saturated heterocycles. The van der Waals surface area contributed by atoms with E-state index < -0.39 is 40.2 Å². The normalized spacial score (nSPS) is 11.9. The monoisotopic (exact) mass is 561 g/mol. The number of benzene rings is 3. The lowest BCUT2D eigenvalue weighted by Crippen LogP contribution is -2.51. The van der Waals surface area contributed by atoms with Crippen molar-refractivity contribution in [2.45, 2.75) is 31.3 Å². The molecule has 38 heavy (non-hydrogen) atoms. The molecule has 11 heteroatoms. The summed E-state index contributed by atoms with van der Waals surface area (Å²) in [5.41, 5.74) is 0.336. The lowest BCUT2D eigenvalue weighted by atomic mass is 10.1. The second-order valence-corrected chi connectivity index (χ2v) is 10.6. The fourth-order valence-electron chi connectivity index (χ4n) is 3.75. The van der Waals surface area contributed by atoms with Crippen LogP contribution in [0.2, 0.25) is 5.02 Å². The highest BCUT2D eigenvalue weighted by atomic mass is 35.5. The standard InChI is InChI=1S/C27H29ClFN3O5S/c1-4-30-27(34)19(2)31(17-20-8-5-6-11-25(20)29)26(33)18-32(22-10-7-9-21(28)16-22)38(35,36)24-14-12-23(37-3)13-15-24/h5-16,19H,4,17-18H2,1-3H3,(H,30,34)/t19-/m1/s1. The zero-order chi connectivity index (χ0) is 27.9. The van der Waals surface area contributed by atoms with Gasteiger partial charge in [0.1, 0.15) is 24.2 Å². The van der Waals surface area contributed by atoms with Crippen molar-refractivity contribution in [2.75, 3.05) is 24.5 Å². The number of likely N-dealkylation sites (N-methyl/N-ethyl adjacent to an activating group) is 1. The number of methoxy groups -OCH3 is 1. The Hall–Kier alpha value is -3.63. The predicted octanol–water partition coefficient (Wildman–Crippen LogP) is 4.24. The molecule has 2 amide bonds. The number of nitrogens with zero attached hydrogens (tertiary/aromatic N) is 2. The second kappa shape index (κ2) is 12.7. The molecule has 0 fully saturated rings. The molecule has 0 saturated carbocycles. The maximum atomic E-state index is 14.5. The maximum absolute atomic E-state index is 14.5. The van der Waals surface area contributed by atoms with E-state index in [4.69, 9.17) is 16.3 Å². The van der Waals surface area contributed by atoms with Crippen LogP contribution in [0.15, 0.2) is 77.7 Å². The fraction of sp³-hybridized carbons (Fsp3) is 0.259. The van der Waals surface area contributed by atoms with Crippen molar-refractivity contribution in [1.82, 2.24) is 10.2 Å². The summed E-state index contributed by atoms with van der Waals surface area (Å²) < 4.78 is 48.0. The summed E-state index contributed by atoms with van der Waals surface area (Å²) in [7, 11) is -2.81. The van der Waals surface area contributed by atoms with Crippen molar-refractivity contribution >= 4 is 39.1 Å². The first-order valence-corrected chi connectivity index (χ1v) is 13.6. The van der Waals surface area contributed by atoms with E-state index in [0.29, 0.717) is 12.3 Å². The lowest BCUT2D eigenvalue weighted by Gasteiger charge is -2.32. The fourth-order valence-corrected chi connectivity index (χ4v) is 5.34. The van der Waals surface area contributed by atoms with Gasteiger partial charge in [0.25, 0.3) is 10.0 Å². The third-order valence-electron chi connectivity index (χ3n) is 5.84. The van der Waals surface area contributed by atoms with Gasteiger partial charge in [0.05, 0.1) is 17.7 Å². The van der Waals surface area contributed by atoms with Crippen LogP contribution >= 0.6 is 11.6 Å². The van der Waals surface area contributed by atoms with E-state index in [0.717, 1.165) is 9.21 Å². The Morgan fingerprint density at radius 3 is 2.34 bits per heavy atom. The number of sulfonamides is 1. The van der Waals surface area contributed by atoms with Crippen LogP contribution in [0.5, 0.6) is 5.75 Å². The number of carbonyl (C=O) groups excluding carboxylic acids is 2. The van der Waals surface area contributed by atoms with Crippen LogP contribution in [0.25, 0.3) is 0 Å². The Labute approximate surface area is 227 Å². The number of ether oxygens (including phenoxy) is 1. The number of rotatable bonds is 11. The van der Waals surface area contributed by atoms with Crippen LogP contribution < -0.4 is 14.4 Å². The number of amides is 2. The van der Waals surface area contributed by atoms with Gasteiger partial charge in [-0.2, -0.15) is 0 Å². The van der Waals surface area contributed by atoms with Crippen LogP contribution in [-0.2, 0) is 26.2 Å². The van der Waals surface area contributed by atoms with E-state index in [1.807, 2.05) is 0 Å². The van der Waals surface area contributed by atoms with Gasteiger partial charge >= 0.3 is 0 Å². The summed E-state index contributed by atoms with van der Waals surface area (Å²) in [6, 6.07) is 16.7. The minimum absolute atomic E-state index is 0.0801. The zero-order valence-electron chi connectivity index (χ0n) is 21.2. The van der Waals surface area contributed by atoms with Crippen molar-refractivity contribution in [3.8, 4) is 5.75 Å². The van der Waals surface area contributed by atoms with Crippen LogP contribution in [0.1, 0.15) is 19.4 Å². The molecule has 1 atom stereocenters. The Morgan fingerprint density at radius 2 is 1.74 bits per heavy atom. The number of anilines is 1. The summed E-state index contributed by atoms with van der Waals surface area (Å²) in [6.07, 6.45) is 0. The first kappa shape index (κ1) is 28.9. The Morgan fingerprint density at radius 1 is 1.05 bits per heavy atom. The number of nitrogens with one attached hydrogen (secondary N) is 1. The average Bonchev–Trinajstić information content (AvgIpc) is 2.90. The molecule has 0 aromatic heterocycles. The highest BCUT2D eigenvalue weighted by molar-refractivity contribution is 7.92. The molecule has 0 aliphatic carbocycles. The molecule has 3 aromatic rings. The number of carbonyl (C=O) groups is 2. The minimum atomic E-state index is -4.26. The topological polar surface area (TPSA) is 96.0 Å². The van der Waals surface area contributed by atoms with E-state index in [9.17, 15) is 22.4 Å². The van der Waals surface area contributed by atoms with Crippen molar-refractivity contribution in [3.63, 3.8) is 0 Å². The molecule has 0 aliphatic rings. The van der Waals surface area contributed by atoms with Crippen molar-refractivity contribution in [3.05, 3.63) is 89.2 Å². The summed E-state index contributed by atoms with van der Waals surface area (Å²) in [6.45, 7) is 2.66. The van der Waals surface area contributed by atoms with E-state index in [-0.39, 0.29) is 27.7 Å². The van der Waals surface area contributed by atoms with Crippen LogP contribution in [0.3, 0.4) is 0 Å². The van der Waals surface area contributed by atoms with E-state index in [2.05, 4.69) is 5.32 Å². The van der Waals surface area contributed by atoms with Crippen LogP contribution in [0.4, 0.5) is 10.1 Å². The highest BCUT2D eigenvalue weighted by Gasteiger charge is 2.33. The van der Waals surface area contributed by atoms with Crippen LogP contribution in [-0.4, -0.2) is 51.4 Å². The lowest BCUT2D eigenvalue weighted by molar-refractivity contribution is -0.139. The first-order valence-electron chi connectivity index (χ1n) is 11.8. The predicted molar refractivity (Wildman–Crippen MR) is 144 cm³/mol. The molecule has 0 radical (unpaired) electrons. The number of hydrogen-bond acceptors (Lipinski definition) is 5. The van der Waals surface area contributed by atoms with Crippen molar-refractivity contribution in [2.24, 2.45) is 0 Å². The average molecular weight is 562 g/mol. The number of halogens is 2. The first-order chi connectivity index (χ1) is 18.1. The maximum Gasteiger partial charge on any atom is 0.264 e. The van der Waals surface area contributed by atoms with Gasteiger partial charge in [0, 0.05) is 23.7 Å². The van der Waals surface area contributed by atoms with Gasteiger partial charge in [0.2, 0.25) is 11.8 Å². The quantitative estimate of drug-likeness (QED) is 0.378. The molecular weight excluding hydrogens is 533 g/mol. The van der Waals surface area contributed by atoms with E-state index >= 15 is 0 Å². The van der Waals surface area contributed by atoms with Gasteiger partial charge in [-0.1, -0.05) is 35.9 Å². The molecule has 0 unspecified atom stereocenters. The highest BCUT2D eigenvalue weighted by Crippen LogP contribution is 2.28. The Bertz CT molecular complexity index is 1390. The summed E-state index contributed by atoms with van der Waals surface area (Å²) in [4.78, 5) is 27.5. The molecule has 0 bridgehead atoms. The Balaban J connectivity index is 2.04. The smallest absolute Gasteiger partial charge is 0.264 e. The molecule has 1 N–H and O–H groups in total. The van der Waals surface area contributed by atoms with Crippen LogP contribution in [0, 0.1) is 5.82 Å². The molecule has 3 rings (SSSR count). The van der Waals surface area contributed by atoms with Gasteiger partial charge in [-0.05, 0) is 62.4 Å². The second-order valence-electron chi connectivity index (χ2n) is 8.35. The van der Waals surface area contributed by atoms with Gasteiger partial charge < -0.3 is 15.0 Å². The summed E-state index contributed by atoms with van der Waals surface area (Å²) >= 11 is 6.15. The number of hydrogen-bond donors (Lipinski definition) is 1. The minimum Gasteiger partial charge on any atom is -0.497 e. The van der Waals surface area contributed by atoms with Crippen molar-refractivity contribution in [1.29, 1.82) is 0 Å².